The van der Waals surface area contributed by atoms with Gasteiger partial charge in [-0.15, -0.1) is 0 Å². The maximum Gasteiger partial charge on any atom is 0.509 e. The highest BCUT2D eigenvalue weighted by molar-refractivity contribution is 6.02. The molecule has 2 saturated carbocycles. The highest BCUT2D eigenvalue weighted by Crippen LogP contribution is 2.70. The summed E-state index contributed by atoms with van der Waals surface area (Å²) in [5, 5.41) is 21.4. The largest absolute Gasteiger partial charge is 0.509 e. The molecule has 1 heterocycles. The quantitative estimate of drug-likeness (QED) is 0.462. The summed E-state index contributed by atoms with van der Waals surface area (Å²) in [6, 6.07) is 0. The van der Waals surface area contributed by atoms with Crippen molar-refractivity contribution in [2.45, 2.75) is 76.7 Å². The minimum absolute atomic E-state index is 0.00815. The van der Waals surface area contributed by atoms with Gasteiger partial charge in [0.2, 0.25) is 0 Å². The number of carboxylic acids is 1. The highest BCUT2D eigenvalue weighted by atomic mass is 16.7. The van der Waals surface area contributed by atoms with Gasteiger partial charge in [-0.2, -0.15) is 0 Å². The Morgan fingerprint density at radius 2 is 1.81 bits per heavy atom. The number of hydrogen-bond acceptors (Lipinski definition) is 7. The minimum atomic E-state index is -1.41. The maximum absolute atomic E-state index is 13.5. The van der Waals surface area contributed by atoms with Crippen LogP contribution in [0.15, 0.2) is 11.6 Å². The average molecular weight is 449 g/mol. The first-order valence-corrected chi connectivity index (χ1v) is 11.6. The Bertz CT molecular complexity index is 858. The van der Waals surface area contributed by atoms with Crippen molar-refractivity contribution in [1.82, 2.24) is 0 Å². The van der Waals surface area contributed by atoms with Crippen LogP contribution in [-0.2, 0) is 23.9 Å². The highest BCUT2D eigenvalue weighted by Gasteiger charge is 2.76. The molecule has 3 aliphatic carbocycles. The number of Topliss-reactive ketones (excluding diaryl/α,β-unsaturated/α-hetero) is 2. The molecule has 1 saturated heterocycles. The van der Waals surface area contributed by atoms with Crippen LogP contribution in [0.2, 0.25) is 0 Å². The van der Waals surface area contributed by atoms with E-state index in [1.54, 1.807) is 6.92 Å². The van der Waals surface area contributed by atoms with E-state index < -0.39 is 52.8 Å². The molecule has 8 nitrogen and oxygen atoms in total. The lowest BCUT2D eigenvalue weighted by Crippen LogP contribution is -2.72. The summed E-state index contributed by atoms with van der Waals surface area (Å²) in [5.74, 6) is -2.70. The summed E-state index contributed by atoms with van der Waals surface area (Å²) >= 11 is 0. The number of aliphatic hydroxyl groups is 1. The molecule has 4 aliphatic rings. The molecule has 3 fully saturated rings. The number of fused-ring (bicyclic) bond motifs is 4. The zero-order chi connectivity index (χ0) is 23.1. The van der Waals surface area contributed by atoms with Gasteiger partial charge in [0.25, 0.3) is 0 Å². The number of ketones is 2. The molecule has 0 aromatic heterocycles. The number of ether oxygens (including phenoxy) is 2. The zero-order valence-electron chi connectivity index (χ0n) is 18.6. The molecule has 32 heavy (non-hydrogen) atoms. The van der Waals surface area contributed by atoms with E-state index >= 15 is 0 Å². The Balaban J connectivity index is 1.83. The van der Waals surface area contributed by atoms with Crippen LogP contribution in [0.3, 0.4) is 0 Å². The Hall–Kier alpha value is -2.22. The molecule has 4 rings (SSSR count). The van der Waals surface area contributed by atoms with E-state index in [2.05, 4.69) is 0 Å². The second-order valence-corrected chi connectivity index (χ2v) is 10.2. The lowest BCUT2D eigenvalue weighted by molar-refractivity contribution is -0.220. The summed E-state index contributed by atoms with van der Waals surface area (Å²) < 4.78 is 10.3. The fourth-order valence-electron chi connectivity index (χ4n) is 6.80. The van der Waals surface area contributed by atoms with Gasteiger partial charge in [-0.3, -0.25) is 14.4 Å². The Morgan fingerprint density at radius 3 is 2.56 bits per heavy atom. The normalized spacial score (nSPS) is 42.4. The van der Waals surface area contributed by atoms with E-state index in [4.69, 9.17) is 9.47 Å². The topological polar surface area (TPSA) is 127 Å². The van der Waals surface area contributed by atoms with E-state index in [0.29, 0.717) is 57.8 Å². The molecule has 1 spiro atoms. The van der Waals surface area contributed by atoms with E-state index in [1.807, 2.05) is 6.08 Å². The van der Waals surface area contributed by atoms with Crippen molar-refractivity contribution in [2.75, 3.05) is 13.2 Å². The van der Waals surface area contributed by atoms with Gasteiger partial charge in [-0.25, -0.2) is 4.79 Å². The number of rotatable bonds is 1. The summed E-state index contributed by atoms with van der Waals surface area (Å²) in [4.78, 5) is 51.3. The van der Waals surface area contributed by atoms with E-state index in [0.717, 1.165) is 5.57 Å². The second kappa shape index (κ2) is 8.28. The molecule has 0 aromatic rings. The van der Waals surface area contributed by atoms with Crippen molar-refractivity contribution >= 4 is 23.7 Å². The predicted octanol–water partition coefficient (Wildman–Crippen LogP) is 3.20. The zero-order valence-corrected chi connectivity index (χ0v) is 18.6. The number of cyclic esters (lactones) is 2. The molecule has 8 heteroatoms. The fourth-order valence-corrected chi connectivity index (χ4v) is 6.80. The van der Waals surface area contributed by atoms with Crippen LogP contribution in [0, 0.1) is 22.7 Å². The van der Waals surface area contributed by atoms with E-state index in [-0.39, 0.29) is 18.8 Å². The van der Waals surface area contributed by atoms with Crippen LogP contribution in [-0.4, -0.2) is 52.7 Å². The van der Waals surface area contributed by atoms with Crippen molar-refractivity contribution in [3.63, 3.8) is 0 Å². The van der Waals surface area contributed by atoms with Crippen LogP contribution < -0.4 is 0 Å². The third-order valence-electron chi connectivity index (χ3n) is 8.53. The molecule has 5 unspecified atom stereocenters. The average Bonchev–Trinajstić information content (AvgIpc) is 2.71. The molecule has 2 bridgehead atoms. The van der Waals surface area contributed by atoms with Crippen molar-refractivity contribution in [3.05, 3.63) is 11.6 Å². The van der Waals surface area contributed by atoms with E-state index in [1.165, 1.54) is 0 Å². The molecule has 5 atom stereocenters. The number of allylic oxidation sites excluding steroid dienone is 1. The number of carbonyl (C=O) groups is 4. The third-order valence-corrected chi connectivity index (χ3v) is 8.53. The van der Waals surface area contributed by atoms with Gasteiger partial charge in [0.1, 0.15) is 12.4 Å². The summed E-state index contributed by atoms with van der Waals surface area (Å²) in [7, 11) is 0. The van der Waals surface area contributed by atoms with Gasteiger partial charge >= 0.3 is 12.1 Å². The Morgan fingerprint density at radius 1 is 1.06 bits per heavy atom. The lowest BCUT2D eigenvalue weighted by atomic mass is 9.34. The molecule has 0 amide bonds. The first kappa shape index (κ1) is 23.0. The minimum Gasteiger partial charge on any atom is -0.481 e. The third kappa shape index (κ3) is 3.56. The molecule has 1 aliphatic heterocycles. The van der Waals surface area contributed by atoms with Crippen molar-refractivity contribution in [3.8, 4) is 0 Å². The van der Waals surface area contributed by atoms with Gasteiger partial charge in [-0.1, -0.05) is 6.08 Å². The Labute approximate surface area is 187 Å². The van der Waals surface area contributed by atoms with Crippen molar-refractivity contribution in [2.24, 2.45) is 22.7 Å². The molecular formula is C24H32O8. The molecule has 0 aromatic carbocycles. The van der Waals surface area contributed by atoms with E-state index in [9.17, 15) is 29.4 Å². The van der Waals surface area contributed by atoms with Crippen LogP contribution >= 0.6 is 0 Å². The second-order valence-electron chi connectivity index (χ2n) is 10.2. The SMILES string of the molecule is CC1(O)CC/C=C2\CCC(CC1)C1(C(=O)O)CC3C(=O)CCCC31C(=O)COC(=O)OC2. The molecular weight excluding hydrogens is 416 g/mol. The maximum atomic E-state index is 13.5. The fraction of sp³-hybridized carbons (Fsp3) is 0.750. The van der Waals surface area contributed by atoms with Crippen LogP contribution in [0.25, 0.3) is 0 Å². The molecule has 2 N–H and O–H groups in total. The summed E-state index contributed by atoms with van der Waals surface area (Å²) in [6.07, 6.45) is 5.17. The first-order chi connectivity index (χ1) is 15.1. The standard InChI is InChI=1S/C24H32O8/c1-22(30)9-2-4-15-6-7-16(8-11-22)24(20(27)28)12-17-18(25)5-3-10-23(17,24)19(26)14-32-21(29)31-13-15/h4,16-17,30H,2-3,5-14H2,1H3,(H,27,28)/b15-4+. The Kier molecular flexibility index (Phi) is 5.94. The van der Waals surface area contributed by atoms with Gasteiger partial charge in [0.05, 0.1) is 16.4 Å². The summed E-state index contributed by atoms with van der Waals surface area (Å²) in [6.45, 7) is 1.16. The number of carboxylic acid groups (broad SMARTS) is 1. The first-order valence-electron chi connectivity index (χ1n) is 11.6. The monoisotopic (exact) mass is 448 g/mol. The molecule has 0 radical (unpaired) electrons. The van der Waals surface area contributed by atoms with Gasteiger partial charge < -0.3 is 19.7 Å². The van der Waals surface area contributed by atoms with Crippen LogP contribution in [0.5, 0.6) is 0 Å². The lowest BCUT2D eigenvalue weighted by Gasteiger charge is -2.65. The summed E-state index contributed by atoms with van der Waals surface area (Å²) in [5.41, 5.74) is -2.91. The van der Waals surface area contributed by atoms with Crippen LogP contribution in [0.4, 0.5) is 4.79 Å². The number of aliphatic carboxylic acids is 1. The smallest absolute Gasteiger partial charge is 0.481 e. The van der Waals surface area contributed by atoms with Gasteiger partial charge in [0.15, 0.2) is 12.4 Å². The van der Waals surface area contributed by atoms with Crippen LogP contribution in [0.1, 0.15) is 71.1 Å². The van der Waals surface area contributed by atoms with Crippen molar-refractivity contribution < 1.29 is 38.9 Å². The number of hydrogen-bond donors (Lipinski definition) is 2. The number of carbonyl (C=O) groups excluding carboxylic acids is 3. The van der Waals surface area contributed by atoms with Crippen molar-refractivity contribution in [1.29, 1.82) is 0 Å². The van der Waals surface area contributed by atoms with Gasteiger partial charge in [-0.05, 0) is 76.2 Å². The molecule has 176 valence electrons. The van der Waals surface area contributed by atoms with Gasteiger partial charge in [0, 0.05) is 12.3 Å². The predicted molar refractivity (Wildman–Crippen MR) is 112 cm³/mol.